The molecule has 1 aliphatic rings. The van der Waals surface area contributed by atoms with E-state index in [4.69, 9.17) is 13.9 Å². The number of furan rings is 1. The standard InChI is InChI=1S/C16H13NO3S/c1-3-14(19-6-1)16-17-12(10-21-16)11-4-5-13-15(9-11)20-8-2-7-18-13/h1,3-6,9-10H,2,7-8H2. The number of ether oxygens (including phenoxy) is 2. The number of hydrogen-bond donors (Lipinski definition) is 0. The molecule has 3 heterocycles. The molecular weight excluding hydrogens is 286 g/mol. The zero-order valence-electron chi connectivity index (χ0n) is 11.2. The Labute approximate surface area is 126 Å². The molecule has 0 amide bonds. The first kappa shape index (κ1) is 12.5. The SMILES string of the molecule is c1coc(-c2nc(-c3ccc4c(c3)OCCCO4)cs2)c1. The molecule has 1 aromatic carbocycles. The maximum Gasteiger partial charge on any atom is 0.162 e. The van der Waals surface area contributed by atoms with E-state index in [0.29, 0.717) is 13.2 Å². The molecule has 0 saturated heterocycles. The maximum absolute atomic E-state index is 5.72. The second-order valence-corrected chi connectivity index (χ2v) is 5.59. The molecule has 0 radical (unpaired) electrons. The predicted octanol–water partition coefficient (Wildman–Crippen LogP) is 4.23. The van der Waals surface area contributed by atoms with Gasteiger partial charge in [0.05, 0.1) is 25.2 Å². The summed E-state index contributed by atoms with van der Waals surface area (Å²) in [5, 5.41) is 2.90. The van der Waals surface area contributed by atoms with Crippen molar-refractivity contribution in [1.82, 2.24) is 4.98 Å². The van der Waals surface area contributed by atoms with Crippen molar-refractivity contribution in [3.8, 4) is 33.5 Å². The van der Waals surface area contributed by atoms with Gasteiger partial charge < -0.3 is 13.9 Å². The topological polar surface area (TPSA) is 44.5 Å². The number of rotatable bonds is 2. The van der Waals surface area contributed by atoms with Crippen molar-refractivity contribution in [3.05, 3.63) is 42.0 Å². The smallest absolute Gasteiger partial charge is 0.162 e. The van der Waals surface area contributed by atoms with Crippen LogP contribution in [0.1, 0.15) is 6.42 Å². The summed E-state index contributed by atoms with van der Waals surface area (Å²) in [5.74, 6) is 2.39. The highest BCUT2D eigenvalue weighted by molar-refractivity contribution is 7.13. The highest BCUT2D eigenvalue weighted by Gasteiger charge is 2.14. The minimum absolute atomic E-state index is 0.686. The Morgan fingerprint density at radius 2 is 1.95 bits per heavy atom. The van der Waals surface area contributed by atoms with Crippen molar-refractivity contribution < 1.29 is 13.9 Å². The summed E-state index contributed by atoms with van der Waals surface area (Å²) in [6.07, 6.45) is 2.56. The van der Waals surface area contributed by atoms with Gasteiger partial charge in [-0.3, -0.25) is 0 Å². The predicted molar refractivity (Wildman–Crippen MR) is 80.9 cm³/mol. The van der Waals surface area contributed by atoms with E-state index in [1.165, 1.54) is 0 Å². The van der Waals surface area contributed by atoms with Gasteiger partial charge in [-0.05, 0) is 30.3 Å². The van der Waals surface area contributed by atoms with Crippen molar-refractivity contribution in [2.24, 2.45) is 0 Å². The summed E-state index contributed by atoms with van der Waals surface area (Å²) in [7, 11) is 0. The van der Waals surface area contributed by atoms with Crippen molar-refractivity contribution in [1.29, 1.82) is 0 Å². The third-order valence-corrected chi connectivity index (χ3v) is 4.14. The van der Waals surface area contributed by atoms with Gasteiger partial charge in [-0.2, -0.15) is 0 Å². The third-order valence-electron chi connectivity index (χ3n) is 3.28. The van der Waals surface area contributed by atoms with Crippen LogP contribution in [0, 0.1) is 0 Å². The molecule has 4 rings (SSSR count). The Hall–Kier alpha value is -2.27. The van der Waals surface area contributed by atoms with Gasteiger partial charge in [0.1, 0.15) is 0 Å². The average molecular weight is 299 g/mol. The summed E-state index contributed by atoms with van der Waals surface area (Å²) < 4.78 is 16.7. The number of thiazole rings is 1. The first-order valence-corrected chi connectivity index (χ1v) is 7.67. The van der Waals surface area contributed by atoms with Gasteiger partial charge in [0.2, 0.25) is 0 Å². The lowest BCUT2D eigenvalue weighted by Gasteiger charge is -2.08. The van der Waals surface area contributed by atoms with Crippen LogP contribution in [0.2, 0.25) is 0 Å². The number of benzene rings is 1. The van der Waals surface area contributed by atoms with Crippen LogP contribution in [0.25, 0.3) is 22.0 Å². The third kappa shape index (κ3) is 2.40. The molecule has 21 heavy (non-hydrogen) atoms. The Morgan fingerprint density at radius 3 is 2.81 bits per heavy atom. The zero-order valence-corrected chi connectivity index (χ0v) is 12.1. The van der Waals surface area contributed by atoms with E-state index < -0.39 is 0 Å². The molecule has 0 fully saturated rings. The maximum atomic E-state index is 5.72. The number of hydrogen-bond acceptors (Lipinski definition) is 5. The molecule has 0 atom stereocenters. The van der Waals surface area contributed by atoms with E-state index in [2.05, 4.69) is 4.98 Å². The van der Waals surface area contributed by atoms with E-state index in [-0.39, 0.29) is 0 Å². The average Bonchev–Trinajstić information content (AvgIpc) is 3.14. The fraction of sp³-hybridized carbons (Fsp3) is 0.188. The lowest BCUT2D eigenvalue weighted by molar-refractivity contribution is 0.297. The van der Waals surface area contributed by atoms with Crippen LogP contribution in [-0.2, 0) is 0 Å². The van der Waals surface area contributed by atoms with Gasteiger partial charge in [-0.25, -0.2) is 4.98 Å². The summed E-state index contributed by atoms with van der Waals surface area (Å²) in [4.78, 5) is 4.62. The monoisotopic (exact) mass is 299 g/mol. The molecule has 1 aliphatic heterocycles. The van der Waals surface area contributed by atoms with Crippen molar-refractivity contribution in [2.75, 3.05) is 13.2 Å². The Morgan fingerprint density at radius 1 is 1.05 bits per heavy atom. The summed E-state index contributed by atoms with van der Waals surface area (Å²) >= 11 is 1.57. The van der Waals surface area contributed by atoms with Crippen LogP contribution in [0.4, 0.5) is 0 Å². The lowest BCUT2D eigenvalue weighted by Crippen LogP contribution is -1.97. The van der Waals surface area contributed by atoms with Crippen molar-refractivity contribution in [2.45, 2.75) is 6.42 Å². The van der Waals surface area contributed by atoms with Crippen LogP contribution in [0.5, 0.6) is 11.5 Å². The normalized spacial score (nSPS) is 13.9. The second-order valence-electron chi connectivity index (χ2n) is 4.73. The van der Waals surface area contributed by atoms with Crippen LogP contribution in [0.15, 0.2) is 46.4 Å². The molecule has 4 nitrogen and oxygen atoms in total. The zero-order chi connectivity index (χ0) is 14.1. The highest BCUT2D eigenvalue weighted by atomic mass is 32.1. The molecule has 0 saturated carbocycles. The van der Waals surface area contributed by atoms with Crippen LogP contribution >= 0.6 is 11.3 Å². The van der Waals surface area contributed by atoms with E-state index in [1.54, 1.807) is 17.6 Å². The molecule has 2 aromatic heterocycles. The quantitative estimate of drug-likeness (QED) is 0.710. The molecule has 106 valence electrons. The molecule has 3 aromatic rings. The van der Waals surface area contributed by atoms with Gasteiger partial charge in [0.15, 0.2) is 22.3 Å². The first-order chi connectivity index (χ1) is 10.4. The Kier molecular flexibility index (Phi) is 3.12. The molecule has 0 aliphatic carbocycles. The van der Waals surface area contributed by atoms with Gasteiger partial charge in [0, 0.05) is 17.4 Å². The van der Waals surface area contributed by atoms with Gasteiger partial charge in [0.25, 0.3) is 0 Å². The molecule has 5 heteroatoms. The van der Waals surface area contributed by atoms with E-state index in [0.717, 1.165) is 39.9 Å². The fourth-order valence-electron chi connectivity index (χ4n) is 2.24. The van der Waals surface area contributed by atoms with Gasteiger partial charge >= 0.3 is 0 Å². The lowest BCUT2D eigenvalue weighted by atomic mass is 10.1. The van der Waals surface area contributed by atoms with Crippen LogP contribution < -0.4 is 9.47 Å². The van der Waals surface area contributed by atoms with Gasteiger partial charge in [-0.1, -0.05) is 0 Å². The molecule has 0 unspecified atom stereocenters. The van der Waals surface area contributed by atoms with Crippen molar-refractivity contribution in [3.63, 3.8) is 0 Å². The molecular formula is C16H13NO3S. The minimum Gasteiger partial charge on any atom is -0.490 e. The summed E-state index contributed by atoms with van der Waals surface area (Å²) in [6, 6.07) is 9.72. The van der Waals surface area contributed by atoms with E-state index in [9.17, 15) is 0 Å². The van der Waals surface area contributed by atoms with E-state index in [1.807, 2.05) is 35.7 Å². The van der Waals surface area contributed by atoms with Crippen molar-refractivity contribution >= 4 is 11.3 Å². The molecule has 0 spiro atoms. The Bertz CT molecular complexity index is 749. The largest absolute Gasteiger partial charge is 0.490 e. The Balaban J connectivity index is 1.69. The van der Waals surface area contributed by atoms with Crippen LogP contribution in [-0.4, -0.2) is 18.2 Å². The highest BCUT2D eigenvalue weighted by Crippen LogP contribution is 2.35. The summed E-state index contributed by atoms with van der Waals surface area (Å²) in [6.45, 7) is 1.39. The number of aromatic nitrogens is 1. The van der Waals surface area contributed by atoms with Gasteiger partial charge in [-0.15, -0.1) is 11.3 Å². The molecule has 0 N–H and O–H groups in total. The minimum atomic E-state index is 0.686. The number of nitrogens with zero attached hydrogens (tertiary/aromatic N) is 1. The molecule has 0 bridgehead atoms. The van der Waals surface area contributed by atoms with E-state index >= 15 is 0 Å². The first-order valence-electron chi connectivity index (χ1n) is 6.79. The van der Waals surface area contributed by atoms with Crippen LogP contribution in [0.3, 0.4) is 0 Å². The second kappa shape index (κ2) is 5.26. The number of fused-ring (bicyclic) bond motifs is 1. The summed E-state index contributed by atoms with van der Waals surface area (Å²) in [5.41, 5.74) is 1.94. The fourth-order valence-corrected chi connectivity index (χ4v) is 3.04.